The highest BCUT2D eigenvalue weighted by Gasteiger charge is 2.12. The predicted molar refractivity (Wildman–Crippen MR) is 60.3 cm³/mol. The summed E-state index contributed by atoms with van der Waals surface area (Å²) in [5, 5.41) is 11.6. The van der Waals surface area contributed by atoms with Gasteiger partial charge < -0.3 is 16.2 Å². The van der Waals surface area contributed by atoms with Crippen LogP contribution in [-0.2, 0) is 4.79 Å². The molecule has 0 aromatic rings. The van der Waals surface area contributed by atoms with Crippen LogP contribution in [0, 0.1) is 0 Å². The summed E-state index contributed by atoms with van der Waals surface area (Å²) in [5.41, 5.74) is 5.21. The van der Waals surface area contributed by atoms with Crippen LogP contribution in [0.3, 0.4) is 0 Å². The van der Waals surface area contributed by atoms with Crippen molar-refractivity contribution in [2.24, 2.45) is 5.73 Å². The molecule has 0 aromatic heterocycles. The number of aliphatic hydroxyl groups excluding tert-OH is 1. The lowest BCUT2D eigenvalue weighted by molar-refractivity contribution is -0.120. The summed E-state index contributed by atoms with van der Waals surface area (Å²) in [7, 11) is 0. The molecular formula is C9H20N2O2S. The van der Waals surface area contributed by atoms with Gasteiger partial charge in [0.25, 0.3) is 0 Å². The van der Waals surface area contributed by atoms with Gasteiger partial charge in [0, 0.05) is 6.61 Å². The molecule has 1 amide bonds. The van der Waals surface area contributed by atoms with Crippen LogP contribution in [0.4, 0.5) is 0 Å². The van der Waals surface area contributed by atoms with E-state index in [4.69, 9.17) is 10.8 Å². The molecule has 0 aliphatic rings. The van der Waals surface area contributed by atoms with Crippen molar-refractivity contribution in [3.8, 4) is 0 Å². The zero-order valence-corrected chi connectivity index (χ0v) is 9.48. The van der Waals surface area contributed by atoms with E-state index in [0.29, 0.717) is 0 Å². The highest BCUT2D eigenvalue weighted by Crippen LogP contribution is 2.06. The smallest absolute Gasteiger partial charge is 0.234 e. The fourth-order valence-electron chi connectivity index (χ4n) is 1.06. The molecule has 0 aromatic carbocycles. The minimum absolute atomic E-state index is 0.207. The molecule has 84 valence electrons. The van der Waals surface area contributed by atoms with Gasteiger partial charge in [-0.15, -0.1) is 0 Å². The van der Waals surface area contributed by atoms with Crippen LogP contribution in [0.2, 0.25) is 0 Å². The third-order valence-corrected chi connectivity index (χ3v) is 2.89. The normalized spacial score (nSPS) is 12.7. The van der Waals surface area contributed by atoms with Gasteiger partial charge in [0.2, 0.25) is 5.91 Å². The molecule has 14 heavy (non-hydrogen) atoms. The van der Waals surface area contributed by atoms with Crippen molar-refractivity contribution in [3.05, 3.63) is 0 Å². The highest BCUT2D eigenvalue weighted by molar-refractivity contribution is 7.99. The van der Waals surface area contributed by atoms with Crippen LogP contribution in [0.5, 0.6) is 0 Å². The van der Waals surface area contributed by atoms with Gasteiger partial charge in [0.05, 0.1) is 6.04 Å². The molecule has 1 atom stereocenters. The Balaban J connectivity index is 3.46. The molecule has 5 heteroatoms. The van der Waals surface area contributed by atoms with E-state index < -0.39 is 0 Å². The average Bonchev–Trinajstić information content (AvgIpc) is 2.15. The van der Waals surface area contributed by atoms with E-state index in [9.17, 15) is 4.79 Å². The number of carbonyl (C=O) groups excluding carboxylic acids is 1. The van der Waals surface area contributed by atoms with E-state index in [0.717, 1.165) is 30.9 Å². The van der Waals surface area contributed by atoms with Gasteiger partial charge in [-0.1, -0.05) is 6.92 Å². The minimum Gasteiger partial charge on any atom is -0.396 e. The van der Waals surface area contributed by atoms with Crippen LogP contribution in [0.1, 0.15) is 19.8 Å². The van der Waals surface area contributed by atoms with Gasteiger partial charge in [-0.3, -0.25) is 4.79 Å². The lowest BCUT2D eigenvalue weighted by atomic mass is 10.2. The van der Waals surface area contributed by atoms with Crippen molar-refractivity contribution in [3.63, 3.8) is 0 Å². The lowest BCUT2D eigenvalue weighted by Crippen LogP contribution is -2.41. The van der Waals surface area contributed by atoms with Crippen LogP contribution < -0.4 is 11.1 Å². The maximum Gasteiger partial charge on any atom is 0.234 e. The fraction of sp³-hybridized carbons (Fsp3) is 0.889. The van der Waals surface area contributed by atoms with Crippen molar-refractivity contribution in [2.45, 2.75) is 25.8 Å². The molecule has 4 N–H and O–H groups in total. The van der Waals surface area contributed by atoms with E-state index >= 15 is 0 Å². The van der Waals surface area contributed by atoms with Crippen molar-refractivity contribution >= 4 is 17.7 Å². The topological polar surface area (TPSA) is 75.3 Å². The first-order chi connectivity index (χ1) is 6.72. The Labute approximate surface area is 89.6 Å². The number of hydrogen-bond donors (Lipinski definition) is 3. The molecule has 4 nitrogen and oxygen atoms in total. The molecule has 0 spiro atoms. The Hall–Kier alpha value is -0.260. The maximum atomic E-state index is 10.9. The molecule has 0 saturated carbocycles. The quantitative estimate of drug-likeness (QED) is 0.476. The van der Waals surface area contributed by atoms with E-state index in [1.807, 2.05) is 6.92 Å². The van der Waals surface area contributed by atoms with Crippen LogP contribution in [0.15, 0.2) is 0 Å². The molecule has 0 saturated heterocycles. The second-order valence-corrected chi connectivity index (χ2v) is 4.22. The van der Waals surface area contributed by atoms with Gasteiger partial charge in [0.1, 0.15) is 0 Å². The van der Waals surface area contributed by atoms with Gasteiger partial charge in [-0.05, 0) is 30.9 Å². The Morgan fingerprint density at radius 1 is 1.57 bits per heavy atom. The number of nitrogens with one attached hydrogen (secondary N) is 1. The first kappa shape index (κ1) is 13.7. The van der Waals surface area contributed by atoms with E-state index in [2.05, 4.69) is 5.32 Å². The van der Waals surface area contributed by atoms with Gasteiger partial charge in [-0.25, -0.2) is 0 Å². The van der Waals surface area contributed by atoms with E-state index in [-0.39, 0.29) is 18.6 Å². The number of primary amides is 1. The monoisotopic (exact) mass is 220 g/mol. The second kappa shape index (κ2) is 9.30. The average molecular weight is 220 g/mol. The minimum atomic E-state index is -0.283. The third-order valence-electron chi connectivity index (χ3n) is 1.79. The summed E-state index contributed by atoms with van der Waals surface area (Å²) in [5.74, 6) is 1.56. The first-order valence-corrected chi connectivity index (χ1v) is 6.09. The number of carbonyl (C=O) groups is 1. The Morgan fingerprint density at radius 2 is 2.29 bits per heavy atom. The molecule has 1 unspecified atom stereocenters. The lowest BCUT2D eigenvalue weighted by Gasteiger charge is -2.13. The fourth-order valence-corrected chi connectivity index (χ4v) is 2.00. The predicted octanol–water partition coefficient (Wildman–Crippen LogP) is -0.0445. The van der Waals surface area contributed by atoms with Gasteiger partial charge in [0.15, 0.2) is 0 Å². The van der Waals surface area contributed by atoms with Crippen molar-refractivity contribution in [1.29, 1.82) is 0 Å². The van der Waals surface area contributed by atoms with Crippen molar-refractivity contribution in [1.82, 2.24) is 5.32 Å². The number of hydrogen-bond acceptors (Lipinski definition) is 4. The number of thioether (sulfide) groups is 1. The zero-order chi connectivity index (χ0) is 10.8. The van der Waals surface area contributed by atoms with Crippen LogP contribution >= 0.6 is 11.8 Å². The van der Waals surface area contributed by atoms with Gasteiger partial charge >= 0.3 is 0 Å². The van der Waals surface area contributed by atoms with Crippen molar-refractivity contribution in [2.75, 3.05) is 24.7 Å². The highest BCUT2D eigenvalue weighted by atomic mass is 32.2. The number of likely N-dealkylation sites (N-methyl/N-ethyl adjacent to an activating group) is 1. The molecule has 0 fully saturated rings. The van der Waals surface area contributed by atoms with Gasteiger partial charge in [-0.2, -0.15) is 11.8 Å². The molecule has 0 radical (unpaired) electrons. The zero-order valence-electron chi connectivity index (χ0n) is 8.66. The Morgan fingerprint density at radius 3 is 2.79 bits per heavy atom. The Kier molecular flexibility index (Phi) is 9.13. The number of rotatable bonds is 9. The van der Waals surface area contributed by atoms with E-state index in [1.165, 1.54) is 0 Å². The van der Waals surface area contributed by atoms with Crippen LogP contribution in [-0.4, -0.2) is 41.7 Å². The SMILES string of the molecule is CCNC(CCSCCCO)C(N)=O. The molecule has 0 bridgehead atoms. The Bertz CT molecular complexity index is 156. The number of aliphatic hydroxyl groups is 1. The molecule has 0 aliphatic heterocycles. The first-order valence-electron chi connectivity index (χ1n) is 4.93. The van der Waals surface area contributed by atoms with Crippen LogP contribution in [0.25, 0.3) is 0 Å². The maximum absolute atomic E-state index is 10.9. The summed E-state index contributed by atoms with van der Waals surface area (Å²) in [6.45, 7) is 2.95. The number of nitrogens with two attached hydrogens (primary N) is 1. The summed E-state index contributed by atoms with van der Waals surface area (Å²) < 4.78 is 0. The summed E-state index contributed by atoms with van der Waals surface area (Å²) in [6.07, 6.45) is 1.58. The molecular weight excluding hydrogens is 200 g/mol. The molecule has 0 heterocycles. The van der Waals surface area contributed by atoms with Crippen molar-refractivity contribution < 1.29 is 9.90 Å². The van der Waals surface area contributed by atoms with E-state index in [1.54, 1.807) is 11.8 Å². The molecule has 0 rings (SSSR count). The second-order valence-electron chi connectivity index (χ2n) is 2.99. The summed E-state index contributed by atoms with van der Waals surface area (Å²) in [6, 6.07) is -0.207. The summed E-state index contributed by atoms with van der Waals surface area (Å²) in [4.78, 5) is 10.9. The largest absolute Gasteiger partial charge is 0.396 e. The third kappa shape index (κ3) is 7.17. The summed E-state index contributed by atoms with van der Waals surface area (Å²) >= 11 is 1.74. The standard InChI is InChI=1S/C9H20N2O2S/c1-2-11-8(9(10)13)4-7-14-6-3-5-12/h8,11-12H,2-7H2,1H3,(H2,10,13). The number of amides is 1. The molecule has 0 aliphatic carbocycles.